The van der Waals surface area contributed by atoms with Crippen molar-refractivity contribution in [1.29, 1.82) is 0 Å². The molecule has 0 amide bonds. The lowest BCUT2D eigenvalue weighted by molar-refractivity contribution is -0.110. The summed E-state index contributed by atoms with van der Waals surface area (Å²) in [7, 11) is 0. The van der Waals surface area contributed by atoms with Crippen LogP contribution in [0.25, 0.3) is 0 Å². The van der Waals surface area contributed by atoms with Gasteiger partial charge in [-0.3, -0.25) is 4.79 Å². The molecule has 2 N–H and O–H groups in total. The molecule has 3 heteroatoms. The van der Waals surface area contributed by atoms with E-state index in [1.807, 2.05) is 0 Å². The van der Waals surface area contributed by atoms with Crippen molar-refractivity contribution in [2.24, 2.45) is 5.73 Å². The largest absolute Gasteiger partial charge is 0.328 e. The second-order valence-corrected chi connectivity index (χ2v) is 2.98. The lowest BCUT2D eigenvalue weighted by Crippen LogP contribution is -2.19. The highest BCUT2D eigenvalue weighted by Gasteiger charge is 2.02. The summed E-state index contributed by atoms with van der Waals surface area (Å²) in [6.07, 6.45) is 3.36. The normalized spacial score (nSPS) is 13.1. The summed E-state index contributed by atoms with van der Waals surface area (Å²) < 4.78 is 0. The van der Waals surface area contributed by atoms with E-state index in [1.165, 1.54) is 0 Å². The van der Waals surface area contributed by atoms with Crippen LogP contribution in [-0.4, -0.2) is 11.2 Å². The van der Waals surface area contributed by atoms with E-state index in [0.717, 1.165) is 19.3 Å². The Bertz CT molecular complexity index is 106. The van der Waals surface area contributed by atoms with Gasteiger partial charge in [-0.15, -0.1) is 12.6 Å². The van der Waals surface area contributed by atoms with Gasteiger partial charge in [0, 0.05) is 12.5 Å². The molecule has 0 saturated heterocycles. The van der Waals surface area contributed by atoms with Gasteiger partial charge >= 0.3 is 0 Å². The van der Waals surface area contributed by atoms with Crippen molar-refractivity contribution >= 4 is 17.7 Å². The third-order valence-corrected chi connectivity index (χ3v) is 1.61. The van der Waals surface area contributed by atoms with E-state index < -0.39 is 0 Å². The van der Waals surface area contributed by atoms with Gasteiger partial charge in [0.2, 0.25) is 0 Å². The van der Waals surface area contributed by atoms with Crippen molar-refractivity contribution < 1.29 is 4.79 Å². The Balaban J connectivity index is 3.21. The van der Waals surface area contributed by atoms with Gasteiger partial charge in [-0.25, -0.2) is 0 Å². The lowest BCUT2D eigenvalue weighted by atomic mass is 10.1. The summed E-state index contributed by atoms with van der Waals surface area (Å²) >= 11 is 3.65. The predicted octanol–water partition coefficient (Wildman–Crippen LogP) is 1.35. The number of thiol groups is 1. The highest BCUT2D eigenvalue weighted by molar-refractivity contribution is 7.96. The average Bonchev–Trinajstić information content (AvgIpc) is 1.85. The maximum atomic E-state index is 10.4. The van der Waals surface area contributed by atoms with Crippen molar-refractivity contribution in [2.45, 2.75) is 38.6 Å². The summed E-state index contributed by atoms with van der Waals surface area (Å²) in [6, 6.07) is 0.182. The summed E-state index contributed by atoms with van der Waals surface area (Å²) in [5, 5.41) is -0.0634. The first-order chi connectivity index (χ1) is 4.66. The van der Waals surface area contributed by atoms with E-state index in [1.54, 1.807) is 0 Å². The zero-order valence-electron chi connectivity index (χ0n) is 6.34. The molecule has 10 heavy (non-hydrogen) atoms. The van der Waals surface area contributed by atoms with E-state index in [4.69, 9.17) is 5.73 Å². The van der Waals surface area contributed by atoms with Crippen LogP contribution in [0.15, 0.2) is 0 Å². The van der Waals surface area contributed by atoms with Crippen LogP contribution in [0.5, 0.6) is 0 Å². The maximum Gasteiger partial charge on any atom is 0.185 e. The fourth-order valence-electron chi connectivity index (χ4n) is 0.824. The molecule has 1 unspecified atom stereocenters. The average molecular weight is 161 g/mol. The Morgan fingerprint density at radius 3 is 2.60 bits per heavy atom. The third-order valence-electron chi connectivity index (χ3n) is 1.39. The molecule has 0 spiro atoms. The Kier molecular flexibility index (Phi) is 5.73. The SMILES string of the molecule is CCCC(N)CCC(=O)S. The smallest absolute Gasteiger partial charge is 0.185 e. The minimum absolute atomic E-state index is 0.0634. The fourth-order valence-corrected chi connectivity index (χ4v) is 0.953. The van der Waals surface area contributed by atoms with Gasteiger partial charge < -0.3 is 5.73 Å². The molecule has 0 aliphatic carbocycles. The Morgan fingerprint density at radius 1 is 1.60 bits per heavy atom. The molecule has 0 aromatic rings. The first kappa shape index (κ1) is 9.98. The quantitative estimate of drug-likeness (QED) is 0.598. The van der Waals surface area contributed by atoms with Crippen LogP contribution in [0.4, 0.5) is 0 Å². The molecule has 0 heterocycles. The highest BCUT2D eigenvalue weighted by Crippen LogP contribution is 2.03. The molecule has 0 aromatic carbocycles. The van der Waals surface area contributed by atoms with Gasteiger partial charge in [0.05, 0.1) is 0 Å². The number of hydrogen-bond acceptors (Lipinski definition) is 2. The fraction of sp³-hybridized carbons (Fsp3) is 0.857. The number of carbonyl (C=O) groups is 1. The van der Waals surface area contributed by atoms with Gasteiger partial charge in [0.1, 0.15) is 0 Å². The van der Waals surface area contributed by atoms with Crippen LogP contribution in [0.1, 0.15) is 32.6 Å². The first-order valence-corrected chi connectivity index (χ1v) is 4.09. The van der Waals surface area contributed by atoms with Crippen LogP contribution >= 0.6 is 12.6 Å². The van der Waals surface area contributed by atoms with Crippen molar-refractivity contribution in [2.75, 3.05) is 0 Å². The standard InChI is InChI=1S/C7H15NOS/c1-2-3-6(8)4-5-7(9)10/h6H,2-5,8H2,1H3,(H,9,10). The number of hydrogen-bond donors (Lipinski definition) is 2. The van der Waals surface area contributed by atoms with Crippen molar-refractivity contribution in [3.63, 3.8) is 0 Å². The lowest BCUT2D eigenvalue weighted by Gasteiger charge is -2.06. The number of nitrogens with two attached hydrogens (primary N) is 1. The molecule has 0 bridgehead atoms. The highest BCUT2D eigenvalue weighted by atomic mass is 32.1. The zero-order valence-corrected chi connectivity index (χ0v) is 7.23. The molecule has 1 atom stereocenters. The summed E-state index contributed by atoms with van der Waals surface area (Å²) in [5.41, 5.74) is 5.65. The first-order valence-electron chi connectivity index (χ1n) is 3.64. The van der Waals surface area contributed by atoms with E-state index in [0.29, 0.717) is 6.42 Å². The summed E-state index contributed by atoms with van der Waals surface area (Å²) in [5.74, 6) is 0. The minimum atomic E-state index is -0.0634. The van der Waals surface area contributed by atoms with Gasteiger partial charge in [-0.2, -0.15) is 0 Å². The van der Waals surface area contributed by atoms with Crippen molar-refractivity contribution in [3.8, 4) is 0 Å². The zero-order chi connectivity index (χ0) is 7.98. The van der Waals surface area contributed by atoms with E-state index in [-0.39, 0.29) is 11.2 Å². The van der Waals surface area contributed by atoms with Crippen molar-refractivity contribution in [3.05, 3.63) is 0 Å². The second-order valence-electron chi connectivity index (χ2n) is 2.48. The Hall–Kier alpha value is -0.0200. The molecule has 2 nitrogen and oxygen atoms in total. The third kappa shape index (κ3) is 6.11. The van der Waals surface area contributed by atoms with Crippen LogP contribution < -0.4 is 5.73 Å². The summed E-state index contributed by atoms with van der Waals surface area (Å²) in [4.78, 5) is 10.4. The molecule has 0 radical (unpaired) electrons. The number of rotatable bonds is 5. The monoisotopic (exact) mass is 161 g/mol. The van der Waals surface area contributed by atoms with Crippen LogP contribution in [0.2, 0.25) is 0 Å². The molecule has 0 saturated carbocycles. The second kappa shape index (κ2) is 5.74. The van der Waals surface area contributed by atoms with E-state index in [9.17, 15) is 4.79 Å². The van der Waals surface area contributed by atoms with Gasteiger partial charge in [0.15, 0.2) is 5.12 Å². The van der Waals surface area contributed by atoms with Crippen LogP contribution in [0, 0.1) is 0 Å². The van der Waals surface area contributed by atoms with Crippen molar-refractivity contribution in [1.82, 2.24) is 0 Å². The maximum absolute atomic E-state index is 10.4. The Labute approximate surface area is 67.6 Å². The van der Waals surface area contributed by atoms with Crippen LogP contribution in [0.3, 0.4) is 0 Å². The molecule has 0 rings (SSSR count). The van der Waals surface area contributed by atoms with Gasteiger partial charge in [-0.1, -0.05) is 13.3 Å². The van der Waals surface area contributed by atoms with Gasteiger partial charge in [-0.05, 0) is 12.8 Å². The van der Waals surface area contributed by atoms with Crippen LogP contribution in [-0.2, 0) is 4.79 Å². The molecule has 0 aliphatic heterocycles. The topological polar surface area (TPSA) is 43.1 Å². The van der Waals surface area contributed by atoms with E-state index in [2.05, 4.69) is 19.6 Å². The Morgan fingerprint density at radius 2 is 2.20 bits per heavy atom. The predicted molar refractivity (Wildman–Crippen MR) is 46.1 cm³/mol. The minimum Gasteiger partial charge on any atom is -0.328 e. The van der Waals surface area contributed by atoms with E-state index >= 15 is 0 Å². The molecule has 0 aliphatic rings. The molecular weight excluding hydrogens is 146 g/mol. The molecule has 60 valence electrons. The summed E-state index contributed by atoms with van der Waals surface area (Å²) in [6.45, 7) is 2.09. The molecule has 0 aromatic heterocycles. The molecular formula is C7H15NOS. The molecule has 0 fully saturated rings. The number of carbonyl (C=O) groups excluding carboxylic acids is 1. The van der Waals surface area contributed by atoms with Gasteiger partial charge in [0.25, 0.3) is 0 Å².